The van der Waals surface area contributed by atoms with Crippen LogP contribution in [0.4, 0.5) is 5.69 Å². The molecule has 1 heterocycles. The van der Waals surface area contributed by atoms with E-state index in [9.17, 15) is 4.79 Å². The molecule has 0 amide bonds. The van der Waals surface area contributed by atoms with Crippen LogP contribution in [0.2, 0.25) is 0 Å². The van der Waals surface area contributed by atoms with Gasteiger partial charge in [0.15, 0.2) is 0 Å². The van der Waals surface area contributed by atoms with E-state index in [1.165, 1.54) is 0 Å². The quantitative estimate of drug-likeness (QED) is 0.795. The van der Waals surface area contributed by atoms with Crippen molar-refractivity contribution in [3.05, 3.63) is 28.2 Å². The second kappa shape index (κ2) is 4.66. The Morgan fingerprint density at radius 3 is 2.71 bits per heavy atom. The Kier molecular flexibility index (Phi) is 3.40. The largest absolute Gasteiger partial charge is 0.481 e. The SMILES string of the molecule is Cc1cc(Br)cc(NC2(CC(=O)O)CNC2)c1. The Morgan fingerprint density at radius 2 is 2.24 bits per heavy atom. The minimum absolute atomic E-state index is 0.131. The maximum Gasteiger partial charge on any atom is 0.305 e. The number of aliphatic carboxylic acids is 1. The van der Waals surface area contributed by atoms with Crippen molar-refractivity contribution in [3.8, 4) is 0 Å². The van der Waals surface area contributed by atoms with E-state index in [4.69, 9.17) is 5.11 Å². The third-order valence-corrected chi connectivity index (χ3v) is 3.33. The Morgan fingerprint density at radius 1 is 1.53 bits per heavy atom. The number of aryl methyl sites for hydroxylation is 1. The predicted octanol–water partition coefficient (Wildman–Crippen LogP) is 1.99. The summed E-state index contributed by atoms with van der Waals surface area (Å²) in [4.78, 5) is 10.9. The van der Waals surface area contributed by atoms with E-state index in [0.29, 0.717) is 13.1 Å². The van der Waals surface area contributed by atoms with Crippen molar-refractivity contribution in [1.82, 2.24) is 5.32 Å². The smallest absolute Gasteiger partial charge is 0.305 e. The van der Waals surface area contributed by atoms with Gasteiger partial charge in [-0.1, -0.05) is 15.9 Å². The van der Waals surface area contributed by atoms with Crippen LogP contribution < -0.4 is 10.6 Å². The molecular formula is C12H15BrN2O2. The Balaban J connectivity index is 2.15. The Bertz CT molecular complexity index is 424. The average molecular weight is 299 g/mol. The van der Waals surface area contributed by atoms with Gasteiger partial charge in [-0.3, -0.25) is 4.79 Å². The zero-order chi connectivity index (χ0) is 12.5. The molecule has 1 aliphatic heterocycles. The molecule has 1 saturated heterocycles. The van der Waals surface area contributed by atoms with Gasteiger partial charge in [-0.25, -0.2) is 0 Å². The van der Waals surface area contributed by atoms with Gasteiger partial charge < -0.3 is 15.7 Å². The molecule has 0 radical (unpaired) electrons. The number of halogens is 1. The summed E-state index contributed by atoms with van der Waals surface area (Å²) < 4.78 is 0.998. The number of carbonyl (C=O) groups is 1. The van der Waals surface area contributed by atoms with Crippen LogP contribution in [-0.4, -0.2) is 29.7 Å². The van der Waals surface area contributed by atoms with Crippen molar-refractivity contribution in [2.45, 2.75) is 18.9 Å². The lowest BCUT2D eigenvalue weighted by Gasteiger charge is -2.43. The highest BCUT2D eigenvalue weighted by Crippen LogP contribution is 2.26. The lowest BCUT2D eigenvalue weighted by atomic mass is 9.88. The molecule has 0 aliphatic carbocycles. The molecule has 1 fully saturated rings. The van der Waals surface area contributed by atoms with E-state index in [1.54, 1.807) is 0 Å². The number of nitrogens with one attached hydrogen (secondary N) is 2. The fourth-order valence-corrected chi connectivity index (χ4v) is 2.70. The van der Waals surface area contributed by atoms with Gasteiger partial charge in [0.1, 0.15) is 0 Å². The first-order chi connectivity index (χ1) is 7.99. The van der Waals surface area contributed by atoms with Crippen LogP contribution in [0.5, 0.6) is 0 Å². The lowest BCUT2D eigenvalue weighted by molar-refractivity contribution is -0.138. The van der Waals surface area contributed by atoms with Gasteiger partial charge in [-0.2, -0.15) is 0 Å². The third kappa shape index (κ3) is 2.98. The Hall–Kier alpha value is -1.07. The van der Waals surface area contributed by atoms with Crippen LogP contribution in [0.25, 0.3) is 0 Å². The summed E-state index contributed by atoms with van der Waals surface area (Å²) in [5.41, 5.74) is 1.75. The topological polar surface area (TPSA) is 61.4 Å². The van der Waals surface area contributed by atoms with E-state index >= 15 is 0 Å². The van der Waals surface area contributed by atoms with Crippen LogP contribution in [-0.2, 0) is 4.79 Å². The molecule has 3 N–H and O–H groups in total. The molecule has 4 nitrogen and oxygen atoms in total. The van der Waals surface area contributed by atoms with Crippen molar-refractivity contribution in [2.24, 2.45) is 0 Å². The van der Waals surface area contributed by atoms with Gasteiger partial charge in [0.25, 0.3) is 0 Å². The predicted molar refractivity (Wildman–Crippen MR) is 70.4 cm³/mol. The van der Waals surface area contributed by atoms with Crippen molar-refractivity contribution >= 4 is 27.6 Å². The first-order valence-corrected chi connectivity index (χ1v) is 6.26. The van der Waals surface area contributed by atoms with Gasteiger partial charge in [0.05, 0.1) is 12.0 Å². The van der Waals surface area contributed by atoms with Gasteiger partial charge >= 0.3 is 5.97 Å². The second-order valence-electron chi connectivity index (χ2n) is 4.60. The van der Waals surface area contributed by atoms with Crippen LogP contribution >= 0.6 is 15.9 Å². The van der Waals surface area contributed by atoms with Gasteiger partial charge in [-0.05, 0) is 30.7 Å². The zero-order valence-corrected chi connectivity index (χ0v) is 11.2. The minimum Gasteiger partial charge on any atom is -0.481 e. The highest BCUT2D eigenvalue weighted by Gasteiger charge is 2.39. The molecule has 0 unspecified atom stereocenters. The van der Waals surface area contributed by atoms with E-state index < -0.39 is 5.97 Å². The molecule has 1 aliphatic rings. The van der Waals surface area contributed by atoms with Gasteiger partial charge in [0.2, 0.25) is 0 Å². The molecule has 5 heteroatoms. The van der Waals surface area contributed by atoms with Gasteiger partial charge in [0, 0.05) is 23.2 Å². The van der Waals surface area contributed by atoms with Crippen molar-refractivity contribution in [2.75, 3.05) is 18.4 Å². The molecule has 0 atom stereocenters. The van der Waals surface area contributed by atoms with E-state index in [0.717, 1.165) is 15.7 Å². The van der Waals surface area contributed by atoms with Gasteiger partial charge in [-0.15, -0.1) is 0 Å². The number of anilines is 1. The summed E-state index contributed by atoms with van der Waals surface area (Å²) in [6.07, 6.45) is 0.131. The normalized spacial score (nSPS) is 17.3. The molecule has 0 spiro atoms. The lowest BCUT2D eigenvalue weighted by Crippen LogP contribution is -2.65. The fourth-order valence-electron chi connectivity index (χ4n) is 2.09. The molecule has 1 aromatic carbocycles. The first kappa shape index (κ1) is 12.4. The van der Waals surface area contributed by atoms with E-state index in [-0.39, 0.29) is 12.0 Å². The van der Waals surface area contributed by atoms with Crippen LogP contribution in [0.1, 0.15) is 12.0 Å². The highest BCUT2D eigenvalue weighted by atomic mass is 79.9. The summed E-state index contributed by atoms with van der Waals surface area (Å²) >= 11 is 3.44. The first-order valence-electron chi connectivity index (χ1n) is 5.47. The second-order valence-corrected chi connectivity index (χ2v) is 5.51. The van der Waals surface area contributed by atoms with E-state index in [1.807, 2.05) is 25.1 Å². The van der Waals surface area contributed by atoms with Crippen LogP contribution in [0, 0.1) is 6.92 Å². The minimum atomic E-state index is -0.772. The number of rotatable bonds is 4. The number of benzene rings is 1. The number of hydrogen-bond donors (Lipinski definition) is 3. The third-order valence-electron chi connectivity index (χ3n) is 2.87. The maximum absolute atomic E-state index is 10.9. The number of carboxylic acids is 1. The summed E-state index contributed by atoms with van der Waals surface area (Å²) in [6, 6.07) is 6.01. The molecule has 92 valence electrons. The van der Waals surface area contributed by atoms with Crippen molar-refractivity contribution < 1.29 is 9.90 Å². The molecule has 0 saturated carbocycles. The summed E-state index contributed by atoms with van der Waals surface area (Å²) in [5, 5.41) is 15.4. The summed E-state index contributed by atoms with van der Waals surface area (Å²) in [6.45, 7) is 3.38. The maximum atomic E-state index is 10.9. The summed E-state index contributed by atoms with van der Waals surface area (Å²) in [5.74, 6) is -0.772. The Labute approximate surface area is 109 Å². The molecule has 1 aromatic rings. The monoisotopic (exact) mass is 298 g/mol. The van der Waals surface area contributed by atoms with Crippen LogP contribution in [0.3, 0.4) is 0 Å². The fraction of sp³-hybridized carbons (Fsp3) is 0.417. The molecule has 0 bridgehead atoms. The standard InChI is InChI=1S/C12H15BrN2O2/c1-8-2-9(13)4-10(3-8)15-12(5-11(16)17)6-14-7-12/h2-4,14-15H,5-7H2,1H3,(H,16,17). The van der Waals surface area contributed by atoms with Crippen molar-refractivity contribution in [1.29, 1.82) is 0 Å². The number of hydrogen-bond acceptors (Lipinski definition) is 3. The van der Waals surface area contributed by atoms with Crippen LogP contribution in [0.15, 0.2) is 22.7 Å². The van der Waals surface area contributed by atoms with Crippen molar-refractivity contribution in [3.63, 3.8) is 0 Å². The summed E-state index contributed by atoms with van der Waals surface area (Å²) in [7, 11) is 0. The molecule has 0 aromatic heterocycles. The average Bonchev–Trinajstić information content (AvgIpc) is 2.11. The molecular weight excluding hydrogens is 284 g/mol. The number of carboxylic acid groups (broad SMARTS) is 1. The zero-order valence-electron chi connectivity index (χ0n) is 9.59. The molecule has 17 heavy (non-hydrogen) atoms. The van der Waals surface area contributed by atoms with E-state index in [2.05, 4.69) is 26.6 Å². The highest BCUT2D eigenvalue weighted by molar-refractivity contribution is 9.10. The molecule has 2 rings (SSSR count).